The van der Waals surface area contributed by atoms with Crippen LogP contribution < -0.4 is 10.6 Å². The molecule has 0 aromatic heterocycles. The molecule has 0 aliphatic carbocycles. The summed E-state index contributed by atoms with van der Waals surface area (Å²) in [6.07, 6.45) is 2.94. The summed E-state index contributed by atoms with van der Waals surface area (Å²) in [5.74, 6) is -0.0606. The maximum absolute atomic E-state index is 11.4. The van der Waals surface area contributed by atoms with Gasteiger partial charge in [0.15, 0.2) is 0 Å². The van der Waals surface area contributed by atoms with E-state index in [9.17, 15) is 4.79 Å². The first-order valence-electron chi connectivity index (χ1n) is 6.40. The van der Waals surface area contributed by atoms with E-state index < -0.39 is 0 Å². The minimum Gasteiger partial charge on any atom is -0.382 e. The average molecular weight is 248 g/mol. The van der Waals surface area contributed by atoms with Crippen LogP contribution >= 0.6 is 0 Å². The number of carbonyl (C=O) groups excluding carboxylic acids is 1. The molecule has 2 rings (SSSR count). The molecule has 1 aliphatic heterocycles. The minimum absolute atomic E-state index is 0.0606. The molecule has 4 nitrogen and oxygen atoms in total. The molecule has 98 valence electrons. The van der Waals surface area contributed by atoms with Gasteiger partial charge in [-0.25, -0.2) is 0 Å². The Labute approximate surface area is 108 Å². The van der Waals surface area contributed by atoms with Crippen molar-refractivity contribution in [3.63, 3.8) is 0 Å². The van der Waals surface area contributed by atoms with Crippen LogP contribution in [0.5, 0.6) is 0 Å². The summed E-state index contributed by atoms with van der Waals surface area (Å²) >= 11 is 0. The molecule has 0 radical (unpaired) electrons. The van der Waals surface area contributed by atoms with Crippen molar-refractivity contribution in [1.82, 2.24) is 5.32 Å². The second kappa shape index (κ2) is 5.87. The Morgan fingerprint density at radius 2 is 2.06 bits per heavy atom. The first-order valence-corrected chi connectivity index (χ1v) is 6.40. The van der Waals surface area contributed by atoms with Gasteiger partial charge in [0, 0.05) is 24.8 Å². The van der Waals surface area contributed by atoms with E-state index in [1.807, 2.05) is 24.3 Å². The second-order valence-corrected chi connectivity index (χ2v) is 4.68. The van der Waals surface area contributed by atoms with Crippen molar-refractivity contribution in [1.29, 1.82) is 0 Å². The Hall–Kier alpha value is -1.55. The van der Waals surface area contributed by atoms with Crippen LogP contribution in [0.1, 0.15) is 30.1 Å². The van der Waals surface area contributed by atoms with Gasteiger partial charge in [-0.05, 0) is 44.0 Å². The van der Waals surface area contributed by atoms with Crippen molar-refractivity contribution in [3.05, 3.63) is 29.8 Å². The summed E-state index contributed by atoms with van der Waals surface area (Å²) in [5.41, 5.74) is 1.69. The fraction of sp³-hybridized carbons (Fsp3) is 0.500. The number of amides is 1. The largest absolute Gasteiger partial charge is 0.382 e. The third kappa shape index (κ3) is 3.23. The third-order valence-electron chi connectivity index (χ3n) is 3.23. The van der Waals surface area contributed by atoms with Gasteiger partial charge in [0.25, 0.3) is 5.91 Å². The van der Waals surface area contributed by atoms with Gasteiger partial charge in [-0.1, -0.05) is 0 Å². The van der Waals surface area contributed by atoms with Crippen molar-refractivity contribution < 1.29 is 9.53 Å². The number of hydrogen-bond acceptors (Lipinski definition) is 3. The van der Waals surface area contributed by atoms with Crippen molar-refractivity contribution in [2.45, 2.75) is 32.0 Å². The predicted octanol–water partition coefficient (Wildman–Crippen LogP) is 2.03. The summed E-state index contributed by atoms with van der Waals surface area (Å²) in [5, 5.41) is 5.94. The zero-order valence-corrected chi connectivity index (χ0v) is 10.9. The van der Waals surface area contributed by atoms with E-state index in [-0.39, 0.29) is 5.91 Å². The summed E-state index contributed by atoms with van der Waals surface area (Å²) in [4.78, 5) is 11.4. The molecular weight excluding hydrogens is 228 g/mol. The van der Waals surface area contributed by atoms with Crippen LogP contribution in [0.3, 0.4) is 0 Å². The first-order chi connectivity index (χ1) is 8.69. The van der Waals surface area contributed by atoms with Crippen LogP contribution in [0.25, 0.3) is 0 Å². The molecule has 0 saturated carbocycles. The van der Waals surface area contributed by atoms with Crippen LogP contribution in [0.4, 0.5) is 5.69 Å². The summed E-state index contributed by atoms with van der Waals surface area (Å²) in [7, 11) is 1.63. The summed E-state index contributed by atoms with van der Waals surface area (Å²) < 4.78 is 5.74. The molecule has 2 atom stereocenters. The van der Waals surface area contributed by atoms with E-state index in [1.54, 1.807) is 7.05 Å². The molecule has 1 fully saturated rings. The van der Waals surface area contributed by atoms with Gasteiger partial charge >= 0.3 is 0 Å². The molecule has 1 amide bonds. The number of carbonyl (C=O) groups is 1. The predicted molar refractivity (Wildman–Crippen MR) is 71.9 cm³/mol. The van der Waals surface area contributed by atoms with Gasteiger partial charge in [-0.15, -0.1) is 0 Å². The van der Waals surface area contributed by atoms with Crippen LogP contribution in [0.2, 0.25) is 0 Å². The van der Waals surface area contributed by atoms with Crippen LogP contribution in [0.15, 0.2) is 24.3 Å². The quantitative estimate of drug-likeness (QED) is 0.857. The van der Waals surface area contributed by atoms with E-state index >= 15 is 0 Å². The number of ether oxygens (including phenoxy) is 1. The van der Waals surface area contributed by atoms with Crippen LogP contribution in [0, 0.1) is 0 Å². The lowest BCUT2D eigenvalue weighted by Crippen LogP contribution is -2.20. The molecule has 1 aromatic carbocycles. The third-order valence-corrected chi connectivity index (χ3v) is 3.23. The Morgan fingerprint density at radius 1 is 1.33 bits per heavy atom. The lowest BCUT2D eigenvalue weighted by Gasteiger charge is -2.13. The normalized spacial score (nSPS) is 22.8. The molecule has 2 N–H and O–H groups in total. The molecule has 1 saturated heterocycles. The molecule has 2 unspecified atom stereocenters. The van der Waals surface area contributed by atoms with Gasteiger partial charge in [0.2, 0.25) is 0 Å². The molecule has 1 aliphatic rings. The fourth-order valence-electron chi connectivity index (χ4n) is 2.15. The maximum Gasteiger partial charge on any atom is 0.251 e. The van der Waals surface area contributed by atoms with E-state index in [0.29, 0.717) is 17.8 Å². The highest BCUT2D eigenvalue weighted by Gasteiger charge is 2.21. The second-order valence-electron chi connectivity index (χ2n) is 4.68. The van der Waals surface area contributed by atoms with E-state index in [2.05, 4.69) is 17.6 Å². The maximum atomic E-state index is 11.4. The number of hydrogen-bond donors (Lipinski definition) is 2. The number of benzene rings is 1. The van der Waals surface area contributed by atoms with Crippen molar-refractivity contribution >= 4 is 11.6 Å². The Bertz CT molecular complexity index is 403. The minimum atomic E-state index is -0.0606. The van der Waals surface area contributed by atoms with Crippen LogP contribution in [-0.4, -0.2) is 31.7 Å². The van der Waals surface area contributed by atoms with Crippen molar-refractivity contribution in [2.24, 2.45) is 0 Å². The zero-order chi connectivity index (χ0) is 13.0. The summed E-state index contributed by atoms with van der Waals surface area (Å²) in [6, 6.07) is 7.48. The Balaban J connectivity index is 1.85. The monoisotopic (exact) mass is 248 g/mol. The smallest absolute Gasteiger partial charge is 0.251 e. The Morgan fingerprint density at radius 3 is 2.61 bits per heavy atom. The zero-order valence-electron chi connectivity index (χ0n) is 10.9. The van der Waals surface area contributed by atoms with Crippen molar-refractivity contribution in [2.75, 3.05) is 18.9 Å². The Kier molecular flexibility index (Phi) is 4.20. The highest BCUT2D eigenvalue weighted by atomic mass is 16.5. The highest BCUT2D eigenvalue weighted by molar-refractivity contribution is 5.94. The van der Waals surface area contributed by atoms with E-state index in [4.69, 9.17) is 4.74 Å². The molecule has 0 spiro atoms. The van der Waals surface area contributed by atoms with Crippen LogP contribution in [-0.2, 0) is 4.74 Å². The van der Waals surface area contributed by atoms with Gasteiger partial charge in [0.05, 0.1) is 12.2 Å². The number of anilines is 1. The van der Waals surface area contributed by atoms with E-state index in [1.165, 1.54) is 0 Å². The van der Waals surface area contributed by atoms with Gasteiger partial charge < -0.3 is 15.4 Å². The fourth-order valence-corrected chi connectivity index (χ4v) is 2.15. The molecule has 1 heterocycles. The molecule has 18 heavy (non-hydrogen) atoms. The average Bonchev–Trinajstić information content (AvgIpc) is 2.82. The number of rotatable bonds is 4. The lowest BCUT2D eigenvalue weighted by atomic mass is 10.2. The molecule has 4 heteroatoms. The highest BCUT2D eigenvalue weighted by Crippen LogP contribution is 2.19. The van der Waals surface area contributed by atoms with Crippen molar-refractivity contribution in [3.8, 4) is 0 Å². The van der Waals surface area contributed by atoms with Gasteiger partial charge in [-0.3, -0.25) is 4.79 Å². The summed E-state index contributed by atoms with van der Waals surface area (Å²) in [6.45, 7) is 2.93. The number of nitrogens with one attached hydrogen (secondary N) is 2. The van der Waals surface area contributed by atoms with Gasteiger partial charge in [-0.2, -0.15) is 0 Å². The lowest BCUT2D eigenvalue weighted by molar-refractivity contribution is 0.0637. The topological polar surface area (TPSA) is 50.4 Å². The standard InChI is InChI=1S/C14H20N2O2/c1-10-3-8-13(18-10)9-16-12-6-4-11(5-7-12)14(17)15-2/h4-7,10,13,16H,3,8-9H2,1-2H3,(H,15,17). The molecular formula is C14H20N2O2. The SMILES string of the molecule is CNC(=O)c1ccc(NCC2CCC(C)O2)cc1. The molecule has 1 aromatic rings. The first kappa shape index (κ1) is 12.9. The van der Waals surface area contributed by atoms with Gasteiger partial charge in [0.1, 0.15) is 0 Å². The van der Waals surface area contributed by atoms with E-state index in [0.717, 1.165) is 25.1 Å². The molecule has 0 bridgehead atoms.